The fourth-order valence-electron chi connectivity index (χ4n) is 3.73. The number of amides is 1. The summed E-state index contributed by atoms with van der Waals surface area (Å²) in [4.78, 5) is 25.7. The minimum absolute atomic E-state index is 0.00941. The topological polar surface area (TPSA) is 66.8 Å². The van der Waals surface area contributed by atoms with E-state index in [1.165, 1.54) is 5.56 Å². The number of carbonyl (C=O) groups is 2. The number of likely N-dealkylation sites (tertiary alicyclic amines) is 1. The van der Waals surface area contributed by atoms with Crippen molar-refractivity contribution in [2.45, 2.75) is 51.0 Å². The summed E-state index contributed by atoms with van der Waals surface area (Å²) in [7, 11) is 0. The van der Waals surface area contributed by atoms with E-state index in [9.17, 15) is 14.7 Å². The maximum absolute atomic E-state index is 12.4. The van der Waals surface area contributed by atoms with Crippen LogP contribution in [-0.4, -0.2) is 47.7 Å². The highest BCUT2D eigenvalue weighted by Crippen LogP contribution is 2.44. The van der Waals surface area contributed by atoms with Gasteiger partial charge in [0.15, 0.2) is 0 Å². The van der Waals surface area contributed by atoms with Crippen LogP contribution >= 0.6 is 0 Å². The summed E-state index contributed by atoms with van der Waals surface area (Å²) in [6, 6.07) is 10.3. The number of ether oxygens (including phenoxy) is 1. The monoisotopic (exact) mass is 345 g/mol. The van der Waals surface area contributed by atoms with Gasteiger partial charge in [0, 0.05) is 19.5 Å². The molecule has 3 rings (SSSR count). The number of carbonyl (C=O) groups excluding carboxylic acids is 1. The molecule has 1 aliphatic carbocycles. The van der Waals surface area contributed by atoms with Crippen LogP contribution in [0.3, 0.4) is 0 Å². The summed E-state index contributed by atoms with van der Waals surface area (Å²) in [6.45, 7) is 2.04. The Balaban J connectivity index is 1.38. The second-order valence-corrected chi connectivity index (χ2v) is 7.30. The highest BCUT2D eigenvalue weighted by molar-refractivity contribution is 5.85. The lowest BCUT2D eigenvalue weighted by atomic mass is 9.66. The third kappa shape index (κ3) is 4.40. The second-order valence-electron chi connectivity index (χ2n) is 7.30. The number of hydrogen-bond donors (Lipinski definition) is 1. The second kappa shape index (κ2) is 8.00. The van der Waals surface area contributed by atoms with Gasteiger partial charge in [-0.1, -0.05) is 36.8 Å². The average molecular weight is 345 g/mol. The van der Waals surface area contributed by atoms with Crippen molar-refractivity contribution >= 4 is 11.9 Å². The summed E-state index contributed by atoms with van der Waals surface area (Å²) >= 11 is 0. The fourth-order valence-corrected chi connectivity index (χ4v) is 3.73. The molecule has 1 aromatic rings. The summed E-state index contributed by atoms with van der Waals surface area (Å²) in [5.41, 5.74) is 0.481. The molecule has 0 spiro atoms. The molecule has 5 heteroatoms. The van der Waals surface area contributed by atoms with Gasteiger partial charge in [-0.25, -0.2) is 0 Å². The van der Waals surface area contributed by atoms with Crippen LogP contribution in [0, 0.1) is 5.41 Å². The summed E-state index contributed by atoms with van der Waals surface area (Å²) < 4.78 is 5.95. The predicted molar refractivity (Wildman–Crippen MR) is 94.2 cm³/mol. The van der Waals surface area contributed by atoms with Crippen LogP contribution < -0.4 is 0 Å². The number of nitrogens with zero attached hydrogens (tertiary/aromatic N) is 1. The van der Waals surface area contributed by atoms with E-state index < -0.39 is 11.4 Å². The van der Waals surface area contributed by atoms with Gasteiger partial charge < -0.3 is 14.7 Å². The molecule has 1 saturated heterocycles. The van der Waals surface area contributed by atoms with E-state index in [-0.39, 0.29) is 18.4 Å². The van der Waals surface area contributed by atoms with Gasteiger partial charge in [0.2, 0.25) is 5.91 Å². The molecule has 1 heterocycles. The first-order valence-electron chi connectivity index (χ1n) is 9.26. The Hall–Kier alpha value is -1.88. The quantitative estimate of drug-likeness (QED) is 0.825. The Kier molecular flexibility index (Phi) is 5.74. The predicted octanol–water partition coefficient (Wildman–Crippen LogP) is 2.88. The number of carboxylic acids is 1. The molecule has 0 atom stereocenters. The van der Waals surface area contributed by atoms with Crippen molar-refractivity contribution in [1.29, 1.82) is 0 Å². The van der Waals surface area contributed by atoms with Crippen molar-refractivity contribution in [3.8, 4) is 0 Å². The lowest BCUT2D eigenvalue weighted by molar-refractivity contribution is -0.160. The van der Waals surface area contributed by atoms with Crippen LogP contribution in [0.2, 0.25) is 0 Å². The first-order chi connectivity index (χ1) is 12.1. The molecule has 1 amide bonds. The average Bonchev–Trinajstić information content (AvgIpc) is 2.59. The minimum Gasteiger partial charge on any atom is -0.481 e. The van der Waals surface area contributed by atoms with Gasteiger partial charge in [0.05, 0.1) is 18.1 Å². The molecule has 0 aromatic heterocycles. The molecule has 1 aromatic carbocycles. The molecular formula is C20H27NO4. The van der Waals surface area contributed by atoms with Gasteiger partial charge >= 0.3 is 5.97 Å². The molecule has 1 N–H and O–H groups in total. The zero-order valence-electron chi connectivity index (χ0n) is 14.7. The number of hydrogen-bond acceptors (Lipinski definition) is 3. The van der Waals surface area contributed by atoms with Gasteiger partial charge in [-0.2, -0.15) is 0 Å². The van der Waals surface area contributed by atoms with Crippen LogP contribution in [0.4, 0.5) is 0 Å². The van der Waals surface area contributed by atoms with Gasteiger partial charge in [0.25, 0.3) is 0 Å². The molecule has 1 aliphatic heterocycles. The van der Waals surface area contributed by atoms with Crippen LogP contribution in [0.25, 0.3) is 0 Å². The van der Waals surface area contributed by atoms with E-state index >= 15 is 0 Å². The lowest BCUT2D eigenvalue weighted by Crippen LogP contribution is -2.46. The summed E-state index contributed by atoms with van der Waals surface area (Å²) in [5, 5.41) is 9.37. The lowest BCUT2D eigenvalue weighted by Gasteiger charge is -2.39. The van der Waals surface area contributed by atoms with Crippen molar-refractivity contribution in [2.24, 2.45) is 5.41 Å². The van der Waals surface area contributed by atoms with Crippen molar-refractivity contribution in [1.82, 2.24) is 4.90 Å². The maximum Gasteiger partial charge on any atom is 0.310 e. The SMILES string of the molecule is O=C(CC1(C(=O)O)CCC1)N1CCC(OCCc2ccccc2)CC1. The van der Waals surface area contributed by atoms with Gasteiger partial charge in [-0.15, -0.1) is 0 Å². The van der Waals surface area contributed by atoms with E-state index in [1.54, 1.807) is 0 Å². The molecule has 0 radical (unpaired) electrons. The van der Waals surface area contributed by atoms with Crippen LogP contribution in [0.1, 0.15) is 44.1 Å². The Morgan fingerprint density at radius 2 is 1.84 bits per heavy atom. The Morgan fingerprint density at radius 1 is 1.16 bits per heavy atom. The van der Waals surface area contributed by atoms with E-state index in [4.69, 9.17) is 4.74 Å². The molecule has 5 nitrogen and oxygen atoms in total. The molecule has 2 aliphatic rings. The van der Waals surface area contributed by atoms with Crippen molar-refractivity contribution in [2.75, 3.05) is 19.7 Å². The molecular weight excluding hydrogens is 318 g/mol. The third-order valence-corrected chi connectivity index (χ3v) is 5.64. The van der Waals surface area contributed by atoms with Crippen LogP contribution in [0.15, 0.2) is 30.3 Å². The molecule has 1 saturated carbocycles. The van der Waals surface area contributed by atoms with Gasteiger partial charge in [0.1, 0.15) is 0 Å². The first-order valence-corrected chi connectivity index (χ1v) is 9.26. The Morgan fingerprint density at radius 3 is 2.40 bits per heavy atom. The Bertz CT molecular complexity index is 589. The van der Waals surface area contributed by atoms with Gasteiger partial charge in [-0.3, -0.25) is 9.59 Å². The van der Waals surface area contributed by atoms with E-state index in [0.717, 1.165) is 25.7 Å². The Labute approximate surface area is 149 Å². The highest BCUT2D eigenvalue weighted by Gasteiger charge is 2.46. The molecule has 2 fully saturated rings. The van der Waals surface area contributed by atoms with E-state index in [0.29, 0.717) is 32.5 Å². The van der Waals surface area contributed by atoms with Crippen molar-refractivity contribution in [3.63, 3.8) is 0 Å². The first kappa shape index (κ1) is 17.9. The molecule has 0 unspecified atom stereocenters. The van der Waals surface area contributed by atoms with Crippen LogP contribution in [0.5, 0.6) is 0 Å². The minimum atomic E-state index is -0.814. The number of rotatable bonds is 7. The summed E-state index contributed by atoms with van der Waals surface area (Å²) in [6.07, 6.45) is 5.10. The number of carboxylic acid groups (broad SMARTS) is 1. The zero-order chi connectivity index (χ0) is 17.7. The molecule has 136 valence electrons. The largest absolute Gasteiger partial charge is 0.481 e. The van der Waals surface area contributed by atoms with Crippen molar-refractivity contribution in [3.05, 3.63) is 35.9 Å². The fraction of sp³-hybridized carbons (Fsp3) is 0.600. The number of piperidine rings is 1. The summed E-state index contributed by atoms with van der Waals surface area (Å²) in [5.74, 6) is -0.823. The zero-order valence-corrected chi connectivity index (χ0v) is 14.7. The number of benzene rings is 1. The highest BCUT2D eigenvalue weighted by atomic mass is 16.5. The van der Waals surface area contributed by atoms with Gasteiger partial charge in [-0.05, 0) is 37.7 Å². The van der Waals surface area contributed by atoms with E-state index in [2.05, 4.69) is 12.1 Å². The smallest absolute Gasteiger partial charge is 0.310 e. The van der Waals surface area contributed by atoms with Crippen molar-refractivity contribution < 1.29 is 19.4 Å². The van der Waals surface area contributed by atoms with Crippen LogP contribution in [-0.2, 0) is 20.7 Å². The molecule has 0 bridgehead atoms. The van der Waals surface area contributed by atoms with E-state index in [1.807, 2.05) is 23.1 Å². The standard InChI is InChI=1S/C20H27NO4/c22-18(15-20(19(23)24)10-4-11-20)21-12-7-17(8-13-21)25-14-9-16-5-2-1-3-6-16/h1-3,5-6,17H,4,7-15H2,(H,23,24). The molecule has 25 heavy (non-hydrogen) atoms. The third-order valence-electron chi connectivity index (χ3n) is 5.64. The normalized spacial score (nSPS) is 20.1. The number of aliphatic carboxylic acids is 1. The maximum atomic E-state index is 12.4.